The number of H-pyrrole nitrogens is 1. The summed E-state index contributed by atoms with van der Waals surface area (Å²) >= 11 is 0. The van der Waals surface area contributed by atoms with Crippen molar-refractivity contribution in [2.75, 3.05) is 18.7 Å². The molecule has 0 amide bonds. The third-order valence-corrected chi connectivity index (χ3v) is 5.73. The van der Waals surface area contributed by atoms with Gasteiger partial charge in [0.2, 0.25) is 15.8 Å². The van der Waals surface area contributed by atoms with Gasteiger partial charge in [-0.15, -0.1) is 0 Å². The Hall–Kier alpha value is -3.21. The highest BCUT2D eigenvalue weighted by molar-refractivity contribution is 7.90. The Morgan fingerprint density at radius 3 is 2.83 bits per heavy atom. The summed E-state index contributed by atoms with van der Waals surface area (Å²) in [6.07, 6.45) is 4.96. The van der Waals surface area contributed by atoms with Crippen molar-refractivity contribution in [1.82, 2.24) is 29.5 Å². The van der Waals surface area contributed by atoms with E-state index in [0.29, 0.717) is 35.6 Å². The van der Waals surface area contributed by atoms with Gasteiger partial charge in [-0.3, -0.25) is 0 Å². The molecule has 0 bridgehead atoms. The van der Waals surface area contributed by atoms with Crippen molar-refractivity contribution in [2.24, 2.45) is 0 Å². The summed E-state index contributed by atoms with van der Waals surface area (Å²) in [5, 5.41) is 7.29. The van der Waals surface area contributed by atoms with E-state index in [-0.39, 0.29) is 5.16 Å². The monoisotopic (exact) mass is 413 g/mol. The van der Waals surface area contributed by atoms with Crippen LogP contribution in [0.3, 0.4) is 0 Å². The minimum Gasteiger partial charge on any atom is -0.494 e. The highest BCUT2D eigenvalue weighted by Gasteiger charge is 2.29. The Morgan fingerprint density at radius 1 is 1.28 bits per heavy atom. The maximum absolute atomic E-state index is 12.1. The SMILES string of the molecule is COc1cccc2[nH]c(CNc3nc(S(C)(=O)=O)nc4c(C5CC5)cnn34)nc12. The number of anilines is 1. The van der Waals surface area contributed by atoms with Crippen molar-refractivity contribution in [1.29, 1.82) is 0 Å². The molecule has 0 radical (unpaired) electrons. The maximum atomic E-state index is 12.1. The van der Waals surface area contributed by atoms with Crippen LogP contribution in [0.15, 0.2) is 29.6 Å². The summed E-state index contributed by atoms with van der Waals surface area (Å²) in [5.74, 6) is 2.02. The molecule has 29 heavy (non-hydrogen) atoms. The molecule has 3 heterocycles. The van der Waals surface area contributed by atoms with Crippen molar-refractivity contribution in [3.05, 3.63) is 35.8 Å². The third-order valence-electron chi connectivity index (χ3n) is 4.88. The molecule has 5 rings (SSSR count). The molecule has 0 spiro atoms. The number of ether oxygens (including phenoxy) is 1. The molecule has 1 aromatic carbocycles. The van der Waals surface area contributed by atoms with E-state index in [1.807, 2.05) is 18.2 Å². The van der Waals surface area contributed by atoms with Gasteiger partial charge < -0.3 is 15.0 Å². The molecule has 0 saturated heterocycles. The van der Waals surface area contributed by atoms with Crippen LogP contribution in [-0.2, 0) is 16.4 Å². The first-order valence-corrected chi connectivity index (χ1v) is 11.0. The number of nitrogens with one attached hydrogen (secondary N) is 2. The normalized spacial score (nSPS) is 14.6. The molecule has 150 valence electrons. The van der Waals surface area contributed by atoms with Crippen LogP contribution >= 0.6 is 0 Å². The minimum absolute atomic E-state index is 0.221. The predicted molar refractivity (Wildman–Crippen MR) is 106 cm³/mol. The summed E-state index contributed by atoms with van der Waals surface area (Å²) < 4.78 is 31.1. The first-order valence-electron chi connectivity index (χ1n) is 9.15. The Bertz CT molecular complexity index is 1340. The standard InChI is InChI=1S/C18H19N7O3S/c1-28-13-5-3-4-12-15(13)22-14(21-12)9-19-17-24-18(29(2,26)27)23-16-11(10-6-7-10)8-20-25(16)17/h3-5,8,10H,6-7,9H2,1-2H3,(H,21,22)(H,19,23,24). The molecule has 1 saturated carbocycles. The van der Waals surface area contributed by atoms with Crippen molar-refractivity contribution in [3.8, 4) is 5.75 Å². The van der Waals surface area contributed by atoms with E-state index in [0.717, 1.165) is 35.7 Å². The number of rotatable bonds is 6. The topological polar surface area (TPSA) is 127 Å². The molecule has 4 aromatic rings. The second kappa shape index (κ2) is 6.41. The zero-order chi connectivity index (χ0) is 20.2. The average Bonchev–Trinajstić information content (AvgIpc) is 3.30. The zero-order valence-electron chi connectivity index (χ0n) is 15.9. The van der Waals surface area contributed by atoms with Crippen molar-refractivity contribution in [2.45, 2.75) is 30.5 Å². The van der Waals surface area contributed by atoms with Crippen LogP contribution in [0.25, 0.3) is 16.7 Å². The summed E-state index contributed by atoms with van der Waals surface area (Å²) in [4.78, 5) is 16.2. The second-order valence-corrected chi connectivity index (χ2v) is 9.01. The first kappa shape index (κ1) is 17.9. The highest BCUT2D eigenvalue weighted by atomic mass is 32.2. The molecule has 0 unspecified atom stereocenters. The fourth-order valence-electron chi connectivity index (χ4n) is 3.31. The smallest absolute Gasteiger partial charge is 0.252 e. The van der Waals surface area contributed by atoms with E-state index in [9.17, 15) is 8.42 Å². The number of methoxy groups -OCH3 is 1. The lowest BCUT2D eigenvalue weighted by Crippen LogP contribution is -2.14. The van der Waals surface area contributed by atoms with E-state index in [1.54, 1.807) is 17.8 Å². The third kappa shape index (κ3) is 3.16. The number of fused-ring (bicyclic) bond motifs is 2. The number of aromatic amines is 1. The Kier molecular flexibility index (Phi) is 3.95. The Labute approximate surface area is 166 Å². The van der Waals surface area contributed by atoms with Gasteiger partial charge in [0.15, 0.2) is 5.65 Å². The molecule has 1 fully saturated rings. The number of para-hydroxylation sites is 1. The van der Waals surface area contributed by atoms with Crippen molar-refractivity contribution >= 4 is 32.5 Å². The summed E-state index contributed by atoms with van der Waals surface area (Å²) in [6.45, 7) is 0.297. The van der Waals surface area contributed by atoms with E-state index in [4.69, 9.17) is 4.74 Å². The number of hydrogen-bond acceptors (Lipinski definition) is 8. The van der Waals surface area contributed by atoms with Crippen LogP contribution in [0.4, 0.5) is 5.95 Å². The quantitative estimate of drug-likeness (QED) is 0.491. The van der Waals surface area contributed by atoms with Gasteiger partial charge in [0.25, 0.3) is 5.16 Å². The number of aromatic nitrogens is 6. The number of imidazole rings is 1. The summed E-state index contributed by atoms with van der Waals surface area (Å²) in [5.41, 5.74) is 3.05. The lowest BCUT2D eigenvalue weighted by molar-refractivity contribution is 0.419. The predicted octanol–water partition coefficient (Wildman–Crippen LogP) is 1.90. The van der Waals surface area contributed by atoms with E-state index in [1.165, 1.54) is 0 Å². The molecular formula is C18H19N7O3S. The minimum atomic E-state index is -3.57. The van der Waals surface area contributed by atoms with Crippen LogP contribution in [0.2, 0.25) is 0 Å². The van der Waals surface area contributed by atoms with Crippen LogP contribution in [0.5, 0.6) is 5.75 Å². The van der Waals surface area contributed by atoms with Crippen LogP contribution in [-0.4, -0.2) is 51.3 Å². The fraction of sp³-hybridized carbons (Fsp3) is 0.333. The summed E-state index contributed by atoms with van der Waals surface area (Å²) in [6, 6.07) is 5.64. The number of hydrogen-bond donors (Lipinski definition) is 2. The van der Waals surface area contributed by atoms with Gasteiger partial charge in [0.05, 0.1) is 25.4 Å². The molecule has 3 aromatic heterocycles. The molecule has 0 atom stereocenters. The van der Waals surface area contributed by atoms with Crippen LogP contribution in [0, 0.1) is 0 Å². The van der Waals surface area contributed by atoms with Gasteiger partial charge >= 0.3 is 0 Å². The Balaban J connectivity index is 1.53. The van der Waals surface area contributed by atoms with Gasteiger partial charge in [-0.05, 0) is 30.9 Å². The molecule has 1 aliphatic carbocycles. The largest absolute Gasteiger partial charge is 0.494 e. The van der Waals surface area contributed by atoms with Crippen molar-refractivity contribution < 1.29 is 13.2 Å². The molecule has 10 nitrogen and oxygen atoms in total. The van der Waals surface area contributed by atoms with Crippen LogP contribution in [0.1, 0.15) is 30.1 Å². The maximum Gasteiger partial charge on any atom is 0.252 e. The highest BCUT2D eigenvalue weighted by Crippen LogP contribution is 2.41. The van der Waals surface area contributed by atoms with Crippen molar-refractivity contribution in [3.63, 3.8) is 0 Å². The van der Waals surface area contributed by atoms with Gasteiger partial charge in [-0.25, -0.2) is 13.4 Å². The molecular weight excluding hydrogens is 394 g/mol. The van der Waals surface area contributed by atoms with E-state index in [2.05, 4.69) is 30.4 Å². The van der Waals surface area contributed by atoms with Gasteiger partial charge in [0.1, 0.15) is 17.1 Å². The van der Waals surface area contributed by atoms with Gasteiger partial charge in [0, 0.05) is 11.8 Å². The lowest BCUT2D eigenvalue weighted by Gasteiger charge is -2.08. The fourth-order valence-corrected chi connectivity index (χ4v) is 3.81. The lowest BCUT2D eigenvalue weighted by atomic mass is 10.2. The van der Waals surface area contributed by atoms with E-state index < -0.39 is 9.84 Å². The van der Waals surface area contributed by atoms with Crippen LogP contribution < -0.4 is 10.1 Å². The zero-order valence-corrected chi connectivity index (χ0v) is 16.7. The van der Waals surface area contributed by atoms with Gasteiger partial charge in [-0.2, -0.15) is 19.6 Å². The average molecular weight is 413 g/mol. The van der Waals surface area contributed by atoms with Gasteiger partial charge in [-0.1, -0.05) is 6.07 Å². The molecule has 0 aliphatic heterocycles. The molecule has 1 aliphatic rings. The second-order valence-electron chi connectivity index (χ2n) is 7.11. The van der Waals surface area contributed by atoms with E-state index >= 15 is 0 Å². The molecule has 2 N–H and O–H groups in total. The number of sulfone groups is 1. The molecule has 11 heteroatoms. The first-order chi connectivity index (χ1) is 13.9. The number of nitrogens with zero attached hydrogens (tertiary/aromatic N) is 5. The summed E-state index contributed by atoms with van der Waals surface area (Å²) in [7, 11) is -1.97. The Morgan fingerprint density at radius 2 is 2.10 bits per heavy atom. The number of benzene rings is 1.